The normalized spacial score (nSPS) is 10.0. The zero-order chi connectivity index (χ0) is 9.97. The standard InChI is InChI=1S/C8H8N6/c9-7-6(8(10)13-14-12-7)5-2-1-3-11-4-5/h1-4H,(H4,9,10,12,13). The Kier molecular flexibility index (Phi) is 1.94. The van der Waals surface area contributed by atoms with Gasteiger partial charge in [-0.15, -0.1) is 10.2 Å². The summed E-state index contributed by atoms with van der Waals surface area (Å²) in [6, 6.07) is 3.62. The molecule has 0 unspecified atom stereocenters. The van der Waals surface area contributed by atoms with Gasteiger partial charge in [0.15, 0.2) is 11.6 Å². The highest BCUT2D eigenvalue weighted by Gasteiger charge is 2.09. The quantitative estimate of drug-likeness (QED) is 0.657. The second kappa shape index (κ2) is 3.25. The molecule has 70 valence electrons. The van der Waals surface area contributed by atoms with Crippen LogP contribution >= 0.6 is 0 Å². The SMILES string of the molecule is Nc1nnnc(N)c1-c1cccnc1. The molecule has 0 aromatic carbocycles. The molecule has 2 aromatic heterocycles. The molecule has 0 aliphatic heterocycles. The van der Waals surface area contributed by atoms with Crippen molar-refractivity contribution in [2.45, 2.75) is 0 Å². The van der Waals surface area contributed by atoms with Crippen molar-refractivity contribution in [3.05, 3.63) is 24.5 Å². The summed E-state index contributed by atoms with van der Waals surface area (Å²) in [6.07, 6.45) is 3.31. The molecule has 2 aromatic rings. The van der Waals surface area contributed by atoms with Gasteiger partial charge in [0, 0.05) is 18.0 Å². The van der Waals surface area contributed by atoms with Gasteiger partial charge < -0.3 is 11.5 Å². The van der Waals surface area contributed by atoms with Gasteiger partial charge in [0.2, 0.25) is 0 Å². The van der Waals surface area contributed by atoms with E-state index in [4.69, 9.17) is 11.5 Å². The first kappa shape index (κ1) is 8.36. The highest BCUT2D eigenvalue weighted by atomic mass is 15.3. The number of rotatable bonds is 1. The lowest BCUT2D eigenvalue weighted by Gasteiger charge is -2.04. The number of hydrogen-bond donors (Lipinski definition) is 2. The number of hydrogen-bond acceptors (Lipinski definition) is 6. The van der Waals surface area contributed by atoms with Gasteiger partial charge >= 0.3 is 0 Å². The van der Waals surface area contributed by atoms with E-state index in [9.17, 15) is 0 Å². The molecule has 0 aliphatic carbocycles. The van der Waals surface area contributed by atoms with E-state index in [1.807, 2.05) is 6.07 Å². The Morgan fingerprint density at radius 2 is 1.79 bits per heavy atom. The summed E-state index contributed by atoms with van der Waals surface area (Å²) < 4.78 is 0. The van der Waals surface area contributed by atoms with E-state index in [2.05, 4.69) is 20.4 Å². The van der Waals surface area contributed by atoms with Crippen LogP contribution in [0.3, 0.4) is 0 Å². The Morgan fingerprint density at radius 1 is 1.07 bits per heavy atom. The van der Waals surface area contributed by atoms with Crippen LogP contribution in [0.1, 0.15) is 0 Å². The molecule has 0 atom stereocenters. The van der Waals surface area contributed by atoms with Crippen molar-refractivity contribution in [1.82, 2.24) is 20.4 Å². The highest BCUT2D eigenvalue weighted by molar-refractivity contribution is 5.81. The average Bonchev–Trinajstić information content (AvgIpc) is 2.19. The maximum atomic E-state index is 5.63. The van der Waals surface area contributed by atoms with Gasteiger partial charge in [-0.25, -0.2) is 0 Å². The molecule has 0 saturated carbocycles. The average molecular weight is 188 g/mol. The van der Waals surface area contributed by atoms with E-state index in [-0.39, 0.29) is 11.6 Å². The second-order valence-corrected chi connectivity index (χ2v) is 2.68. The molecule has 0 fully saturated rings. The van der Waals surface area contributed by atoms with Crippen molar-refractivity contribution in [3.63, 3.8) is 0 Å². The summed E-state index contributed by atoms with van der Waals surface area (Å²) in [4.78, 5) is 3.96. The van der Waals surface area contributed by atoms with Crippen LogP contribution in [0.5, 0.6) is 0 Å². The number of anilines is 2. The predicted molar refractivity (Wildman–Crippen MR) is 51.9 cm³/mol. The maximum Gasteiger partial charge on any atom is 0.159 e. The fraction of sp³-hybridized carbons (Fsp3) is 0. The molecule has 6 heteroatoms. The molecule has 14 heavy (non-hydrogen) atoms. The Hall–Kier alpha value is -2.24. The third-order valence-electron chi connectivity index (χ3n) is 1.77. The van der Waals surface area contributed by atoms with Crippen LogP contribution in [0.25, 0.3) is 11.1 Å². The van der Waals surface area contributed by atoms with Gasteiger partial charge in [-0.1, -0.05) is 6.07 Å². The fourth-order valence-corrected chi connectivity index (χ4v) is 1.16. The summed E-state index contributed by atoms with van der Waals surface area (Å²) in [5, 5.41) is 10.6. The van der Waals surface area contributed by atoms with Crippen molar-refractivity contribution in [2.24, 2.45) is 0 Å². The zero-order valence-corrected chi connectivity index (χ0v) is 7.25. The summed E-state index contributed by atoms with van der Waals surface area (Å²) in [5.41, 5.74) is 12.6. The largest absolute Gasteiger partial charge is 0.382 e. The Labute approximate surface area is 80.0 Å². The first-order valence-corrected chi connectivity index (χ1v) is 3.93. The van der Waals surface area contributed by atoms with E-state index in [0.29, 0.717) is 5.56 Å². The highest BCUT2D eigenvalue weighted by Crippen LogP contribution is 2.26. The molecule has 4 N–H and O–H groups in total. The van der Waals surface area contributed by atoms with Crippen LogP contribution in [-0.4, -0.2) is 20.4 Å². The molecule has 0 saturated heterocycles. The maximum absolute atomic E-state index is 5.63. The predicted octanol–water partition coefficient (Wildman–Crippen LogP) is 0.0980. The van der Waals surface area contributed by atoms with E-state index in [1.165, 1.54) is 0 Å². The monoisotopic (exact) mass is 188 g/mol. The van der Waals surface area contributed by atoms with Crippen LogP contribution in [0, 0.1) is 0 Å². The number of pyridine rings is 1. The topological polar surface area (TPSA) is 104 Å². The van der Waals surface area contributed by atoms with Crippen LogP contribution in [0.2, 0.25) is 0 Å². The van der Waals surface area contributed by atoms with Crippen molar-refractivity contribution in [2.75, 3.05) is 11.5 Å². The number of nitrogen functional groups attached to an aromatic ring is 2. The minimum atomic E-state index is 0.255. The van der Waals surface area contributed by atoms with Gasteiger partial charge in [-0.2, -0.15) is 0 Å². The second-order valence-electron chi connectivity index (χ2n) is 2.68. The van der Waals surface area contributed by atoms with Crippen LogP contribution in [0.15, 0.2) is 24.5 Å². The van der Waals surface area contributed by atoms with E-state index >= 15 is 0 Å². The van der Waals surface area contributed by atoms with Crippen molar-refractivity contribution >= 4 is 11.6 Å². The van der Waals surface area contributed by atoms with Gasteiger partial charge in [-0.3, -0.25) is 4.98 Å². The first-order chi connectivity index (χ1) is 6.79. The van der Waals surface area contributed by atoms with Crippen molar-refractivity contribution < 1.29 is 0 Å². The smallest absolute Gasteiger partial charge is 0.159 e. The molecule has 0 aliphatic rings. The van der Waals surface area contributed by atoms with Crippen LogP contribution in [0.4, 0.5) is 11.6 Å². The molecule has 0 amide bonds. The lowest BCUT2D eigenvalue weighted by atomic mass is 10.1. The summed E-state index contributed by atoms with van der Waals surface area (Å²) in [7, 11) is 0. The number of nitrogens with two attached hydrogens (primary N) is 2. The van der Waals surface area contributed by atoms with Crippen molar-refractivity contribution in [3.8, 4) is 11.1 Å². The van der Waals surface area contributed by atoms with Crippen LogP contribution in [-0.2, 0) is 0 Å². The number of aromatic nitrogens is 4. The molecular formula is C8H8N6. The third-order valence-corrected chi connectivity index (χ3v) is 1.77. The van der Waals surface area contributed by atoms with E-state index < -0.39 is 0 Å². The Bertz CT molecular complexity index is 421. The lowest BCUT2D eigenvalue weighted by Crippen LogP contribution is -2.04. The van der Waals surface area contributed by atoms with Gasteiger partial charge in [0.05, 0.1) is 5.56 Å². The van der Waals surface area contributed by atoms with Gasteiger partial charge in [-0.05, 0) is 11.3 Å². The molecule has 2 heterocycles. The van der Waals surface area contributed by atoms with E-state index in [1.54, 1.807) is 18.5 Å². The molecule has 6 nitrogen and oxygen atoms in total. The molecule has 0 bridgehead atoms. The minimum Gasteiger partial charge on any atom is -0.382 e. The van der Waals surface area contributed by atoms with Crippen molar-refractivity contribution in [1.29, 1.82) is 0 Å². The summed E-state index contributed by atoms with van der Waals surface area (Å²) in [5.74, 6) is 0.510. The molecular weight excluding hydrogens is 180 g/mol. The number of nitrogens with zero attached hydrogens (tertiary/aromatic N) is 4. The lowest BCUT2D eigenvalue weighted by molar-refractivity contribution is 0.883. The molecule has 2 rings (SSSR count). The Balaban J connectivity index is 2.63. The fourth-order valence-electron chi connectivity index (χ4n) is 1.16. The summed E-state index contributed by atoms with van der Waals surface area (Å²) >= 11 is 0. The molecule has 0 radical (unpaired) electrons. The third kappa shape index (κ3) is 1.33. The van der Waals surface area contributed by atoms with Gasteiger partial charge in [0.1, 0.15) is 0 Å². The molecule has 0 spiro atoms. The summed E-state index contributed by atoms with van der Waals surface area (Å²) in [6.45, 7) is 0. The Morgan fingerprint density at radius 3 is 2.36 bits per heavy atom. The first-order valence-electron chi connectivity index (χ1n) is 3.93. The van der Waals surface area contributed by atoms with E-state index in [0.717, 1.165) is 5.56 Å². The van der Waals surface area contributed by atoms with Gasteiger partial charge in [0.25, 0.3) is 0 Å². The van der Waals surface area contributed by atoms with Crippen LogP contribution < -0.4 is 11.5 Å². The zero-order valence-electron chi connectivity index (χ0n) is 7.25. The minimum absolute atomic E-state index is 0.255.